The minimum atomic E-state index is -0.119. The number of thiophene rings is 1. The van der Waals surface area contributed by atoms with E-state index in [0.717, 1.165) is 26.6 Å². The number of aromatic amines is 1. The van der Waals surface area contributed by atoms with Crippen molar-refractivity contribution in [1.29, 1.82) is 0 Å². The highest BCUT2D eigenvalue weighted by molar-refractivity contribution is 7.19. The molecule has 1 aromatic carbocycles. The zero-order valence-electron chi connectivity index (χ0n) is 10.6. The number of hydrogen-bond donors (Lipinski definition) is 1. The number of rotatable bonds is 1. The molecule has 20 heavy (non-hydrogen) atoms. The standard InChI is InChI=1S/C14H10N2O3S/c1-7-11(12-13(17)15-5-16-14(12)20-7)8-2-3-9-10(4-8)19-6-18-9/h2-5H,6H2,1H3,(H,15,16,17). The molecule has 0 spiro atoms. The molecule has 6 heteroatoms. The Morgan fingerprint density at radius 2 is 2.15 bits per heavy atom. The van der Waals surface area contributed by atoms with Gasteiger partial charge >= 0.3 is 0 Å². The molecule has 0 atom stereocenters. The maximum absolute atomic E-state index is 12.1. The first-order valence-corrected chi connectivity index (χ1v) is 6.92. The smallest absolute Gasteiger partial charge is 0.260 e. The first-order chi connectivity index (χ1) is 9.74. The van der Waals surface area contributed by atoms with Crippen LogP contribution in [0.3, 0.4) is 0 Å². The molecule has 1 aliphatic heterocycles. The summed E-state index contributed by atoms with van der Waals surface area (Å²) in [4.78, 5) is 20.7. The van der Waals surface area contributed by atoms with Gasteiger partial charge in [-0.05, 0) is 24.6 Å². The van der Waals surface area contributed by atoms with Gasteiger partial charge in [0.1, 0.15) is 4.83 Å². The van der Waals surface area contributed by atoms with Crippen LogP contribution in [0.15, 0.2) is 29.3 Å². The summed E-state index contributed by atoms with van der Waals surface area (Å²) in [6, 6.07) is 5.71. The van der Waals surface area contributed by atoms with Crippen molar-refractivity contribution in [3.63, 3.8) is 0 Å². The third-order valence-electron chi connectivity index (χ3n) is 3.33. The molecule has 100 valence electrons. The van der Waals surface area contributed by atoms with Crippen LogP contribution in [0.4, 0.5) is 0 Å². The van der Waals surface area contributed by atoms with E-state index in [4.69, 9.17) is 9.47 Å². The molecule has 1 N–H and O–H groups in total. The van der Waals surface area contributed by atoms with Crippen LogP contribution in [0.1, 0.15) is 4.88 Å². The van der Waals surface area contributed by atoms with E-state index in [0.29, 0.717) is 11.1 Å². The summed E-state index contributed by atoms with van der Waals surface area (Å²) >= 11 is 1.52. The molecule has 3 heterocycles. The molecule has 2 aromatic heterocycles. The van der Waals surface area contributed by atoms with E-state index < -0.39 is 0 Å². The van der Waals surface area contributed by atoms with Gasteiger partial charge in [-0.15, -0.1) is 11.3 Å². The fourth-order valence-electron chi connectivity index (χ4n) is 2.45. The molecule has 0 aliphatic carbocycles. The van der Waals surface area contributed by atoms with E-state index in [1.54, 1.807) is 0 Å². The van der Waals surface area contributed by atoms with Gasteiger partial charge in [-0.3, -0.25) is 4.79 Å². The van der Waals surface area contributed by atoms with Gasteiger partial charge in [0.25, 0.3) is 5.56 Å². The Balaban J connectivity index is 2.03. The van der Waals surface area contributed by atoms with Crippen molar-refractivity contribution in [2.45, 2.75) is 6.92 Å². The maximum Gasteiger partial charge on any atom is 0.260 e. The molecule has 4 rings (SSSR count). The number of benzene rings is 1. The quantitative estimate of drug-likeness (QED) is 0.747. The lowest BCUT2D eigenvalue weighted by Crippen LogP contribution is -2.05. The van der Waals surface area contributed by atoms with E-state index >= 15 is 0 Å². The van der Waals surface area contributed by atoms with Crippen molar-refractivity contribution in [3.8, 4) is 22.6 Å². The average molecular weight is 286 g/mol. The Labute approximate surface area is 117 Å². The number of H-pyrrole nitrogens is 1. The van der Waals surface area contributed by atoms with Crippen LogP contribution in [0.2, 0.25) is 0 Å². The van der Waals surface area contributed by atoms with E-state index in [1.165, 1.54) is 17.7 Å². The van der Waals surface area contributed by atoms with Gasteiger partial charge < -0.3 is 14.5 Å². The van der Waals surface area contributed by atoms with Gasteiger partial charge in [-0.25, -0.2) is 4.98 Å². The Morgan fingerprint density at radius 1 is 1.30 bits per heavy atom. The van der Waals surface area contributed by atoms with E-state index in [2.05, 4.69) is 9.97 Å². The minimum absolute atomic E-state index is 0.119. The number of nitrogens with one attached hydrogen (secondary N) is 1. The largest absolute Gasteiger partial charge is 0.454 e. The highest BCUT2D eigenvalue weighted by atomic mass is 32.1. The molecule has 1 aliphatic rings. The summed E-state index contributed by atoms with van der Waals surface area (Å²) in [5.41, 5.74) is 1.74. The van der Waals surface area contributed by atoms with Crippen LogP contribution >= 0.6 is 11.3 Å². The number of aryl methyl sites for hydroxylation is 1. The fraction of sp³-hybridized carbons (Fsp3) is 0.143. The normalized spacial score (nSPS) is 13.1. The van der Waals surface area contributed by atoms with Crippen molar-refractivity contribution < 1.29 is 9.47 Å². The maximum atomic E-state index is 12.1. The summed E-state index contributed by atoms with van der Waals surface area (Å²) in [6.07, 6.45) is 1.43. The third-order valence-corrected chi connectivity index (χ3v) is 4.34. The number of fused-ring (bicyclic) bond motifs is 2. The SMILES string of the molecule is Cc1sc2nc[nH]c(=O)c2c1-c1ccc2c(c1)OCO2. The number of nitrogens with zero attached hydrogens (tertiary/aromatic N) is 1. The first-order valence-electron chi connectivity index (χ1n) is 6.11. The average Bonchev–Trinajstić information content (AvgIpc) is 3.01. The van der Waals surface area contributed by atoms with E-state index in [1.807, 2.05) is 25.1 Å². The molecule has 0 saturated carbocycles. The molecule has 0 radical (unpaired) electrons. The van der Waals surface area contributed by atoms with Gasteiger partial charge in [0.15, 0.2) is 11.5 Å². The lowest BCUT2D eigenvalue weighted by atomic mass is 10.0. The fourth-order valence-corrected chi connectivity index (χ4v) is 3.47. The molecular weight excluding hydrogens is 276 g/mol. The van der Waals surface area contributed by atoms with Crippen LogP contribution in [0, 0.1) is 6.92 Å². The van der Waals surface area contributed by atoms with E-state index in [9.17, 15) is 4.79 Å². The first kappa shape index (κ1) is 11.5. The highest BCUT2D eigenvalue weighted by Crippen LogP contribution is 2.40. The van der Waals surface area contributed by atoms with Crippen molar-refractivity contribution >= 4 is 21.6 Å². The Hall–Kier alpha value is -2.34. The molecule has 0 fully saturated rings. The number of aromatic nitrogens is 2. The van der Waals surface area contributed by atoms with Crippen LogP contribution in [-0.4, -0.2) is 16.8 Å². The lowest BCUT2D eigenvalue weighted by Gasteiger charge is -2.03. The minimum Gasteiger partial charge on any atom is -0.454 e. The second-order valence-corrected chi connectivity index (χ2v) is 5.72. The lowest BCUT2D eigenvalue weighted by molar-refractivity contribution is 0.174. The van der Waals surface area contributed by atoms with Crippen LogP contribution in [-0.2, 0) is 0 Å². The summed E-state index contributed by atoms with van der Waals surface area (Å²) in [6.45, 7) is 2.23. The summed E-state index contributed by atoms with van der Waals surface area (Å²) in [5, 5.41) is 0.633. The van der Waals surface area contributed by atoms with Crippen molar-refractivity contribution in [3.05, 3.63) is 39.8 Å². The topological polar surface area (TPSA) is 64.2 Å². The zero-order valence-corrected chi connectivity index (χ0v) is 11.4. The number of hydrogen-bond acceptors (Lipinski definition) is 5. The predicted octanol–water partition coefficient (Wildman–Crippen LogP) is 2.69. The van der Waals surface area contributed by atoms with Crippen molar-refractivity contribution in [2.24, 2.45) is 0 Å². The summed E-state index contributed by atoms with van der Waals surface area (Å²) < 4.78 is 10.7. The van der Waals surface area contributed by atoms with Crippen LogP contribution < -0.4 is 15.0 Å². The van der Waals surface area contributed by atoms with Gasteiger partial charge in [-0.2, -0.15) is 0 Å². The van der Waals surface area contributed by atoms with Gasteiger partial charge in [-0.1, -0.05) is 6.07 Å². The van der Waals surface area contributed by atoms with Crippen molar-refractivity contribution in [2.75, 3.05) is 6.79 Å². The highest BCUT2D eigenvalue weighted by Gasteiger charge is 2.19. The molecule has 0 amide bonds. The molecule has 3 aromatic rings. The second-order valence-electron chi connectivity index (χ2n) is 4.51. The molecule has 0 unspecified atom stereocenters. The van der Waals surface area contributed by atoms with Crippen LogP contribution in [0.5, 0.6) is 11.5 Å². The van der Waals surface area contributed by atoms with Crippen LogP contribution in [0.25, 0.3) is 21.3 Å². The van der Waals surface area contributed by atoms with Gasteiger partial charge in [0.05, 0.1) is 11.7 Å². The van der Waals surface area contributed by atoms with Crippen molar-refractivity contribution in [1.82, 2.24) is 9.97 Å². The zero-order chi connectivity index (χ0) is 13.7. The monoisotopic (exact) mass is 286 g/mol. The summed E-state index contributed by atoms with van der Waals surface area (Å²) in [7, 11) is 0. The Bertz CT molecular complexity index is 882. The summed E-state index contributed by atoms with van der Waals surface area (Å²) in [5.74, 6) is 1.44. The number of ether oxygens (including phenoxy) is 2. The Kier molecular flexibility index (Phi) is 2.34. The molecular formula is C14H10N2O3S. The molecule has 5 nitrogen and oxygen atoms in total. The second kappa shape index (κ2) is 4.08. The third kappa shape index (κ3) is 1.55. The predicted molar refractivity (Wildman–Crippen MR) is 76.5 cm³/mol. The van der Waals surface area contributed by atoms with Gasteiger partial charge in [0.2, 0.25) is 6.79 Å². The van der Waals surface area contributed by atoms with Gasteiger partial charge in [0, 0.05) is 10.4 Å². The molecule has 0 bridgehead atoms. The molecule has 0 saturated heterocycles. The Morgan fingerprint density at radius 3 is 3.05 bits per heavy atom. The van der Waals surface area contributed by atoms with E-state index in [-0.39, 0.29) is 12.4 Å².